The van der Waals surface area contributed by atoms with Crippen LogP contribution in [0, 0.1) is 11.6 Å². The third kappa shape index (κ3) is 8.64. The third-order valence-corrected chi connectivity index (χ3v) is 7.00. The van der Waals surface area contributed by atoms with Crippen LogP contribution in [0.5, 0.6) is 0 Å². The summed E-state index contributed by atoms with van der Waals surface area (Å²) in [5.74, 6) is -1.56. The van der Waals surface area contributed by atoms with Crippen LogP contribution in [0.3, 0.4) is 0 Å². The van der Waals surface area contributed by atoms with Crippen molar-refractivity contribution in [3.63, 3.8) is 0 Å². The molecule has 0 saturated carbocycles. The zero-order valence-corrected chi connectivity index (χ0v) is 24.6. The van der Waals surface area contributed by atoms with Gasteiger partial charge in [0.15, 0.2) is 18.7 Å². The normalized spacial score (nSPS) is 31.3. The number of aliphatic hydroxyl groups excluding tert-OH is 5. The lowest BCUT2D eigenvalue weighted by molar-refractivity contribution is -0.361. The number of halogens is 2. The summed E-state index contributed by atoms with van der Waals surface area (Å²) >= 11 is 0. The number of carbonyl (C=O) groups is 2. The molecule has 2 fully saturated rings. The fraction of sp³-hybridized carbons (Fsp3) is 0.517. The summed E-state index contributed by atoms with van der Waals surface area (Å²) in [5, 5.41) is 57.4. The molecule has 0 aliphatic carbocycles. The van der Waals surface area contributed by atoms with Gasteiger partial charge < -0.3 is 54.0 Å². The SMILES string of the molecule is CC(C)OC1O[C@H](CO)[C@@H](O[C@@H]2O[C@H](COC(=O)Nc3ccccc3F)C(OC(=O)Nc3ccccc3F)[C@H](O)[C@H]2O)[C@H](O)[C@H]1O. The van der Waals surface area contributed by atoms with E-state index in [1.807, 2.05) is 0 Å². The monoisotopic (exact) mass is 658 g/mol. The van der Waals surface area contributed by atoms with Crippen LogP contribution in [0.4, 0.5) is 29.7 Å². The Morgan fingerprint density at radius 2 is 1.30 bits per heavy atom. The van der Waals surface area contributed by atoms with Crippen molar-refractivity contribution in [2.75, 3.05) is 23.8 Å². The van der Waals surface area contributed by atoms with Gasteiger partial charge in [-0.05, 0) is 38.1 Å². The summed E-state index contributed by atoms with van der Waals surface area (Å²) < 4.78 is 60.8. The number of anilines is 2. The highest BCUT2D eigenvalue weighted by Crippen LogP contribution is 2.31. The van der Waals surface area contributed by atoms with Crippen molar-refractivity contribution in [2.24, 2.45) is 0 Å². The Bertz CT molecular complexity index is 1320. The number of hydrogen-bond donors (Lipinski definition) is 7. The highest BCUT2D eigenvalue weighted by molar-refractivity contribution is 5.85. The first-order valence-corrected chi connectivity index (χ1v) is 14.2. The predicted molar refractivity (Wildman–Crippen MR) is 151 cm³/mol. The quantitative estimate of drug-likeness (QED) is 0.189. The van der Waals surface area contributed by atoms with Gasteiger partial charge in [0, 0.05) is 0 Å². The van der Waals surface area contributed by atoms with Gasteiger partial charge in [-0.1, -0.05) is 24.3 Å². The maximum absolute atomic E-state index is 14.1. The van der Waals surface area contributed by atoms with Gasteiger partial charge in [-0.3, -0.25) is 10.6 Å². The minimum absolute atomic E-state index is 0.217. The Kier molecular flexibility index (Phi) is 12.2. The van der Waals surface area contributed by atoms with Gasteiger partial charge in [0.2, 0.25) is 0 Å². The van der Waals surface area contributed by atoms with Crippen molar-refractivity contribution in [1.82, 2.24) is 0 Å². The van der Waals surface area contributed by atoms with Gasteiger partial charge in [0.25, 0.3) is 0 Å². The van der Waals surface area contributed by atoms with Crippen molar-refractivity contribution in [2.45, 2.75) is 81.4 Å². The van der Waals surface area contributed by atoms with E-state index in [0.29, 0.717) is 0 Å². The summed E-state index contributed by atoms with van der Waals surface area (Å²) in [5.41, 5.74) is -0.484. The smallest absolute Gasteiger partial charge is 0.412 e. The van der Waals surface area contributed by atoms with Crippen molar-refractivity contribution < 1.29 is 72.3 Å². The molecule has 2 unspecified atom stereocenters. The fourth-order valence-electron chi connectivity index (χ4n) is 4.75. The van der Waals surface area contributed by atoms with Crippen LogP contribution in [0.25, 0.3) is 0 Å². The molecule has 0 aromatic heterocycles. The molecule has 2 aliphatic heterocycles. The topological polar surface area (TPSA) is 215 Å². The van der Waals surface area contributed by atoms with E-state index in [1.165, 1.54) is 36.4 Å². The van der Waals surface area contributed by atoms with Gasteiger partial charge in [-0.25, -0.2) is 18.4 Å². The average Bonchev–Trinajstić information content (AvgIpc) is 3.01. The lowest BCUT2D eigenvalue weighted by Crippen LogP contribution is -2.65. The van der Waals surface area contributed by atoms with E-state index in [2.05, 4.69) is 10.6 Å². The first-order chi connectivity index (χ1) is 21.9. The van der Waals surface area contributed by atoms with E-state index in [9.17, 15) is 43.9 Å². The van der Waals surface area contributed by atoms with Crippen LogP contribution in [0.1, 0.15) is 13.8 Å². The molecular formula is C29H36F2N2O13. The second-order valence-corrected chi connectivity index (χ2v) is 10.7. The lowest BCUT2D eigenvalue weighted by Gasteiger charge is -2.46. The number of rotatable bonds is 10. The molecule has 0 bridgehead atoms. The van der Waals surface area contributed by atoms with Crippen LogP contribution in [-0.2, 0) is 28.4 Å². The molecule has 2 saturated heterocycles. The second kappa shape index (κ2) is 15.9. The van der Waals surface area contributed by atoms with E-state index >= 15 is 0 Å². The maximum atomic E-state index is 14.1. The summed E-state index contributed by atoms with van der Waals surface area (Å²) in [6.07, 6.45) is -19.7. The molecule has 2 amide bonds. The fourth-order valence-corrected chi connectivity index (χ4v) is 4.75. The Labute approximate surface area is 261 Å². The minimum atomic E-state index is -2.00. The van der Waals surface area contributed by atoms with Gasteiger partial charge in [-0.15, -0.1) is 0 Å². The van der Waals surface area contributed by atoms with E-state index in [0.717, 1.165) is 12.1 Å². The van der Waals surface area contributed by atoms with Crippen LogP contribution in [-0.4, -0.2) is 118 Å². The first kappa shape index (κ1) is 35.3. The molecule has 2 aliphatic rings. The molecule has 0 spiro atoms. The number of aliphatic hydroxyl groups is 5. The Balaban J connectivity index is 1.51. The summed E-state index contributed by atoms with van der Waals surface area (Å²) in [6.45, 7) is 1.80. The van der Waals surface area contributed by atoms with E-state index < -0.39 is 105 Å². The summed E-state index contributed by atoms with van der Waals surface area (Å²) in [7, 11) is 0. The summed E-state index contributed by atoms with van der Waals surface area (Å²) in [6, 6.07) is 10.3. The molecule has 46 heavy (non-hydrogen) atoms. The van der Waals surface area contributed by atoms with Crippen molar-refractivity contribution >= 4 is 23.6 Å². The number of benzene rings is 2. The van der Waals surface area contributed by atoms with Crippen molar-refractivity contribution in [3.8, 4) is 0 Å². The summed E-state index contributed by atoms with van der Waals surface area (Å²) in [4.78, 5) is 25.1. The zero-order valence-electron chi connectivity index (χ0n) is 24.6. The van der Waals surface area contributed by atoms with E-state index in [1.54, 1.807) is 13.8 Å². The van der Waals surface area contributed by atoms with Crippen molar-refractivity contribution in [1.29, 1.82) is 0 Å². The van der Waals surface area contributed by atoms with Crippen LogP contribution in [0.2, 0.25) is 0 Å². The highest BCUT2D eigenvalue weighted by atomic mass is 19.1. The van der Waals surface area contributed by atoms with E-state index in [4.69, 9.17) is 28.4 Å². The maximum Gasteiger partial charge on any atom is 0.412 e. The van der Waals surface area contributed by atoms with E-state index in [-0.39, 0.29) is 11.4 Å². The van der Waals surface area contributed by atoms with Crippen LogP contribution in [0.15, 0.2) is 48.5 Å². The minimum Gasteiger partial charge on any atom is -0.446 e. The largest absolute Gasteiger partial charge is 0.446 e. The Morgan fingerprint density at radius 3 is 1.87 bits per heavy atom. The average molecular weight is 659 g/mol. The zero-order chi connectivity index (χ0) is 33.5. The Morgan fingerprint density at radius 1 is 0.783 bits per heavy atom. The molecule has 4 rings (SSSR count). The molecule has 2 aromatic rings. The van der Waals surface area contributed by atoms with Gasteiger partial charge >= 0.3 is 12.2 Å². The number of ether oxygens (including phenoxy) is 6. The molecule has 17 heteroatoms. The molecule has 2 heterocycles. The number of carbonyl (C=O) groups excluding carboxylic acids is 2. The molecule has 2 aromatic carbocycles. The Hall–Kier alpha value is -3.52. The molecule has 0 radical (unpaired) electrons. The van der Waals surface area contributed by atoms with Crippen LogP contribution >= 0.6 is 0 Å². The number of nitrogens with one attached hydrogen (secondary N) is 2. The number of para-hydroxylation sites is 2. The van der Waals surface area contributed by atoms with Crippen LogP contribution < -0.4 is 10.6 Å². The van der Waals surface area contributed by atoms with Gasteiger partial charge in [-0.2, -0.15) is 0 Å². The standard InChI is InChI=1S/C29H36F2N2O13/c1-13(2)42-26-22(37)20(35)24(18(11-34)43-26)45-27-23(38)21(36)25(46-29(40)33-17-10-6-4-8-15(17)31)19(44-27)12-41-28(39)32-16-9-5-3-7-14(16)30/h3-10,13,18-27,34-38H,11-12H2,1-2H3,(H,32,39)(H,33,40)/t18-,19-,20-,21-,22-,23-,24-,25?,26?,27+/m1/s1. The number of amides is 2. The van der Waals surface area contributed by atoms with Gasteiger partial charge in [0.05, 0.1) is 24.1 Å². The molecule has 254 valence electrons. The third-order valence-electron chi connectivity index (χ3n) is 7.00. The second-order valence-electron chi connectivity index (χ2n) is 10.7. The van der Waals surface area contributed by atoms with Crippen molar-refractivity contribution in [3.05, 3.63) is 60.2 Å². The molecule has 7 N–H and O–H groups in total. The molecular weight excluding hydrogens is 622 g/mol. The number of hydrogen-bond acceptors (Lipinski definition) is 13. The molecule has 15 nitrogen and oxygen atoms in total. The molecule has 10 atom stereocenters. The van der Waals surface area contributed by atoms with Gasteiger partial charge in [0.1, 0.15) is 61.0 Å². The lowest BCUT2D eigenvalue weighted by atomic mass is 9.97. The predicted octanol–water partition coefficient (Wildman–Crippen LogP) is 0.826. The highest BCUT2D eigenvalue weighted by Gasteiger charge is 2.52. The first-order valence-electron chi connectivity index (χ1n) is 14.2.